The lowest BCUT2D eigenvalue weighted by Gasteiger charge is -2.00. The van der Waals surface area contributed by atoms with E-state index in [0.717, 1.165) is 10.2 Å². The van der Waals surface area contributed by atoms with Gasteiger partial charge in [-0.1, -0.05) is 35.6 Å². The summed E-state index contributed by atoms with van der Waals surface area (Å²) in [6.07, 6.45) is 1.46. The van der Waals surface area contributed by atoms with E-state index < -0.39 is 5.91 Å². The number of carbonyl (C=O) groups is 1. The van der Waals surface area contributed by atoms with E-state index in [-0.39, 0.29) is 11.3 Å². The van der Waals surface area contributed by atoms with Gasteiger partial charge in [0.2, 0.25) is 0 Å². The second-order valence-electron chi connectivity index (χ2n) is 4.70. The van der Waals surface area contributed by atoms with Gasteiger partial charge in [-0.05, 0) is 35.9 Å². The van der Waals surface area contributed by atoms with Gasteiger partial charge < -0.3 is 5.11 Å². The van der Waals surface area contributed by atoms with Gasteiger partial charge in [-0.3, -0.25) is 10.1 Å². The number of rotatable bonds is 3. The van der Waals surface area contributed by atoms with Crippen molar-refractivity contribution in [2.45, 2.75) is 0 Å². The first-order chi connectivity index (χ1) is 11.2. The lowest BCUT2D eigenvalue weighted by molar-refractivity contribution is -0.112. The Labute approximate surface area is 136 Å². The fourth-order valence-corrected chi connectivity index (χ4v) is 2.84. The lowest BCUT2D eigenvalue weighted by atomic mass is 10.1. The first-order valence-electron chi connectivity index (χ1n) is 6.73. The number of hydrogen-bond acceptors (Lipinski definition) is 5. The number of benzene rings is 2. The minimum atomic E-state index is -0.514. The monoisotopic (exact) mass is 321 g/mol. The van der Waals surface area contributed by atoms with E-state index in [1.54, 1.807) is 12.1 Å². The highest BCUT2D eigenvalue weighted by molar-refractivity contribution is 7.22. The molecule has 23 heavy (non-hydrogen) atoms. The predicted octanol–water partition coefficient (Wildman–Crippen LogP) is 3.55. The minimum Gasteiger partial charge on any atom is -0.508 e. The first kappa shape index (κ1) is 14.8. The number of thiazole rings is 1. The zero-order valence-corrected chi connectivity index (χ0v) is 12.7. The molecule has 2 N–H and O–H groups in total. The summed E-state index contributed by atoms with van der Waals surface area (Å²) in [5.74, 6) is -0.390. The van der Waals surface area contributed by atoms with E-state index in [0.29, 0.717) is 10.7 Å². The molecule has 0 spiro atoms. The third-order valence-electron chi connectivity index (χ3n) is 3.08. The van der Waals surface area contributed by atoms with Crippen LogP contribution in [-0.2, 0) is 4.79 Å². The topological polar surface area (TPSA) is 86.0 Å². The van der Waals surface area contributed by atoms with Crippen LogP contribution in [-0.4, -0.2) is 16.0 Å². The van der Waals surface area contributed by atoms with Crippen LogP contribution in [0.3, 0.4) is 0 Å². The average molecular weight is 321 g/mol. The van der Waals surface area contributed by atoms with Crippen molar-refractivity contribution in [1.29, 1.82) is 5.26 Å². The smallest absolute Gasteiger partial charge is 0.268 e. The summed E-state index contributed by atoms with van der Waals surface area (Å²) in [4.78, 5) is 16.5. The van der Waals surface area contributed by atoms with Crippen molar-refractivity contribution in [2.75, 3.05) is 5.32 Å². The highest BCUT2D eigenvalue weighted by Crippen LogP contribution is 2.25. The van der Waals surface area contributed by atoms with Crippen molar-refractivity contribution >= 4 is 38.7 Å². The fourth-order valence-electron chi connectivity index (χ4n) is 1.98. The first-order valence-corrected chi connectivity index (χ1v) is 7.55. The molecule has 0 unspecified atom stereocenters. The summed E-state index contributed by atoms with van der Waals surface area (Å²) >= 11 is 1.35. The number of nitriles is 1. The standard InChI is InChI=1S/C17H11N3O2S/c18-10-12(9-11-5-7-13(21)8-6-11)16(22)20-17-19-14-3-1-2-4-15(14)23-17/h1-9,21H,(H,19,20,22)/b12-9+. The number of anilines is 1. The molecular formula is C17H11N3O2S. The molecule has 0 radical (unpaired) electrons. The fraction of sp³-hybridized carbons (Fsp3) is 0. The largest absolute Gasteiger partial charge is 0.508 e. The third kappa shape index (κ3) is 3.36. The Kier molecular flexibility index (Phi) is 4.04. The van der Waals surface area contributed by atoms with Crippen LogP contribution < -0.4 is 5.32 Å². The summed E-state index contributed by atoms with van der Waals surface area (Å²) in [5, 5.41) is 21.5. The molecule has 0 aliphatic heterocycles. The molecule has 1 heterocycles. The second kappa shape index (κ2) is 6.30. The molecule has 0 saturated heterocycles. The Balaban J connectivity index is 1.82. The molecule has 112 valence electrons. The zero-order chi connectivity index (χ0) is 16.2. The molecule has 6 heteroatoms. The number of aromatic nitrogens is 1. The molecule has 0 atom stereocenters. The predicted molar refractivity (Wildman–Crippen MR) is 89.9 cm³/mol. The number of nitrogens with zero attached hydrogens (tertiary/aromatic N) is 2. The number of hydrogen-bond donors (Lipinski definition) is 2. The Bertz CT molecular complexity index is 903. The van der Waals surface area contributed by atoms with E-state index in [9.17, 15) is 15.2 Å². The number of aromatic hydroxyl groups is 1. The summed E-state index contributed by atoms with van der Waals surface area (Å²) in [6.45, 7) is 0. The number of para-hydroxylation sites is 1. The zero-order valence-electron chi connectivity index (χ0n) is 11.9. The van der Waals surface area contributed by atoms with Crippen LogP contribution in [0.2, 0.25) is 0 Å². The second-order valence-corrected chi connectivity index (χ2v) is 5.73. The number of carbonyl (C=O) groups excluding carboxylic acids is 1. The molecule has 0 bridgehead atoms. The van der Waals surface area contributed by atoms with Crippen LogP contribution in [0.25, 0.3) is 16.3 Å². The Morgan fingerprint density at radius 1 is 1.22 bits per heavy atom. The van der Waals surface area contributed by atoms with Gasteiger partial charge in [0.1, 0.15) is 17.4 Å². The molecular weight excluding hydrogens is 310 g/mol. The Hall–Kier alpha value is -3.17. The van der Waals surface area contributed by atoms with Gasteiger partial charge in [0, 0.05) is 0 Å². The summed E-state index contributed by atoms with van der Waals surface area (Å²) in [6, 6.07) is 15.7. The van der Waals surface area contributed by atoms with Gasteiger partial charge in [0.05, 0.1) is 10.2 Å². The van der Waals surface area contributed by atoms with Crippen LogP contribution in [0.5, 0.6) is 5.75 Å². The summed E-state index contributed by atoms with van der Waals surface area (Å²) in [5.41, 5.74) is 1.42. The van der Waals surface area contributed by atoms with E-state index in [1.807, 2.05) is 30.3 Å². The van der Waals surface area contributed by atoms with Crippen molar-refractivity contribution in [2.24, 2.45) is 0 Å². The number of phenols is 1. The van der Waals surface area contributed by atoms with Gasteiger partial charge in [0.15, 0.2) is 5.13 Å². The highest BCUT2D eigenvalue weighted by atomic mass is 32.1. The van der Waals surface area contributed by atoms with Crippen LogP contribution in [0.15, 0.2) is 54.1 Å². The van der Waals surface area contributed by atoms with Crippen LogP contribution in [0.4, 0.5) is 5.13 Å². The van der Waals surface area contributed by atoms with Gasteiger partial charge in [-0.15, -0.1) is 0 Å². The molecule has 0 aliphatic rings. The molecule has 0 aliphatic carbocycles. The minimum absolute atomic E-state index is 0.0325. The number of fused-ring (bicyclic) bond motifs is 1. The molecule has 2 aromatic carbocycles. The molecule has 0 fully saturated rings. The van der Waals surface area contributed by atoms with Crippen LogP contribution in [0.1, 0.15) is 5.56 Å². The number of amides is 1. The molecule has 1 amide bonds. The van der Waals surface area contributed by atoms with Crippen molar-refractivity contribution in [3.63, 3.8) is 0 Å². The molecule has 3 rings (SSSR count). The van der Waals surface area contributed by atoms with Crippen molar-refractivity contribution in [1.82, 2.24) is 4.98 Å². The van der Waals surface area contributed by atoms with Gasteiger partial charge >= 0.3 is 0 Å². The Morgan fingerprint density at radius 3 is 2.65 bits per heavy atom. The SMILES string of the molecule is N#C/C(=C\c1ccc(O)cc1)C(=O)Nc1nc2ccccc2s1. The van der Waals surface area contributed by atoms with E-state index in [2.05, 4.69) is 10.3 Å². The molecule has 5 nitrogen and oxygen atoms in total. The maximum Gasteiger partial charge on any atom is 0.268 e. The maximum atomic E-state index is 12.2. The van der Waals surface area contributed by atoms with Gasteiger partial charge in [-0.25, -0.2) is 4.98 Å². The third-order valence-corrected chi connectivity index (χ3v) is 4.04. The van der Waals surface area contributed by atoms with E-state index >= 15 is 0 Å². The molecule has 0 saturated carbocycles. The van der Waals surface area contributed by atoms with E-state index in [4.69, 9.17) is 0 Å². The number of phenolic OH excluding ortho intramolecular Hbond substituents is 1. The van der Waals surface area contributed by atoms with Crippen LogP contribution >= 0.6 is 11.3 Å². The van der Waals surface area contributed by atoms with Crippen LogP contribution in [0, 0.1) is 11.3 Å². The number of nitrogens with one attached hydrogen (secondary N) is 1. The summed E-state index contributed by atoms with van der Waals surface area (Å²) in [7, 11) is 0. The molecule has 1 aromatic heterocycles. The summed E-state index contributed by atoms with van der Waals surface area (Å²) < 4.78 is 0.962. The normalized spacial score (nSPS) is 11.2. The molecule has 3 aromatic rings. The lowest BCUT2D eigenvalue weighted by Crippen LogP contribution is -2.13. The quantitative estimate of drug-likeness (QED) is 0.570. The van der Waals surface area contributed by atoms with Crippen molar-refractivity contribution < 1.29 is 9.90 Å². The van der Waals surface area contributed by atoms with Gasteiger partial charge in [0.25, 0.3) is 5.91 Å². The van der Waals surface area contributed by atoms with Gasteiger partial charge in [-0.2, -0.15) is 5.26 Å². The highest BCUT2D eigenvalue weighted by Gasteiger charge is 2.12. The van der Waals surface area contributed by atoms with E-state index in [1.165, 1.54) is 29.5 Å². The van der Waals surface area contributed by atoms with Crippen molar-refractivity contribution in [3.05, 3.63) is 59.7 Å². The maximum absolute atomic E-state index is 12.2. The van der Waals surface area contributed by atoms with Crippen molar-refractivity contribution in [3.8, 4) is 11.8 Å². The average Bonchev–Trinajstić information content (AvgIpc) is 2.96. The Morgan fingerprint density at radius 2 is 1.96 bits per heavy atom.